The van der Waals surface area contributed by atoms with Gasteiger partial charge in [0, 0.05) is 19.0 Å². The molecule has 3 amide bonds. The van der Waals surface area contributed by atoms with E-state index in [0.29, 0.717) is 18.5 Å². The number of nitrogens with one attached hydrogen (secondary N) is 2. The average molecular weight is 554 g/mol. The highest BCUT2D eigenvalue weighted by Gasteiger charge is 2.36. The smallest absolute Gasteiger partial charge is 0.408 e. The molecule has 2 rings (SSSR count). The van der Waals surface area contributed by atoms with Crippen LogP contribution in [-0.2, 0) is 20.7 Å². The van der Waals surface area contributed by atoms with Crippen molar-refractivity contribution in [3.8, 4) is 5.75 Å². The summed E-state index contributed by atoms with van der Waals surface area (Å²) in [5.41, 5.74) is 0.618. The standard InChI is InChI=1S/C32H47N3O5/c1-7-9-13-20-35(28(25-18-14-19-26(36)22-25)29(37)33-23(3)15-8-2)30(38)27(21-24-16-11-10-12-17-24)34-31(39)40-32(4,5)6/h10-12,14,16-19,22-23,27-28,36H,7-9,13,15,20-21H2,1-6H3,(H,33,37)(H,34,39). The number of phenols is 1. The second-order valence-electron chi connectivity index (χ2n) is 11.3. The number of amides is 3. The summed E-state index contributed by atoms with van der Waals surface area (Å²) in [7, 11) is 0. The molecule has 0 radical (unpaired) electrons. The van der Waals surface area contributed by atoms with E-state index in [9.17, 15) is 19.5 Å². The molecule has 0 fully saturated rings. The molecule has 0 saturated carbocycles. The molecule has 40 heavy (non-hydrogen) atoms. The lowest BCUT2D eigenvalue weighted by molar-refractivity contribution is -0.142. The Morgan fingerprint density at radius 1 is 0.950 bits per heavy atom. The fourth-order valence-electron chi connectivity index (χ4n) is 4.59. The molecular formula is C32H47N3O5. The fraction of sp³-hybridized carbons (Fsp3) is 0.531. The predicted molar refractivity (Wildman–Crippen MR) is 158 cm³/mol. The molecule has 2 aromatic carbocycles. The highest BCUT2D eigenvalue weighted by molar-refractivity contribution is 5.92. The Morgan fingerprint density at radius 3 is 2.25 bits per heavy atom. The van der Waals surface area contributed by atoms with Gasteiger partial charge in [0.2, 0.25) is 11.8 Å². The van der Waals surface area contributed by atoms with E-state index in [-0.39, 0.29) is 24.1 Å². The second kappa shape index (κ2) is 15.9. The first-order valence-electron chi connectivity index (χ1n) is 14.4. The van der Waals surface area contributed by atoms with E-state index < -0.39 is 29.7 Å². The zero-order chi connectivity index (χ0) is 29.7. The van der Waals surface area contributed by atoms with E-state index in [4.69, 9.17) is 4.74 Å². The number of rotatable bonds is 14. The lowest BCUT2D eigenvalue weighted by Gasteiger charge is -2.35. The monoisotopic (exact) mass is 553 g/mol. The van der Waals surface area contributed by atoms with Gasteiger partial charge in [0.1, 0.15) is 23.4 Å². The van der Waals surface area contributed by atoms with Crippen LogP contribution in [0.4, 0.5) is 4.79 Å². The fourth-order valence-corrected chi connectivity index (χ4v) is 4.59. The molecule has 0 aliphatic rings. The van der Waals surface area contributed by atoms with Crippen LogP contribution in [0.5, 0.6) is 5.75 Å². The van der Waals surface area contributed by atoms with Gasteiger partial charge in [0.15, 0.2) is 0 Å². The van der Waals surface area contributed by atoms with Gasteiger partial charge in [-0.05, 0) is 63.8 Å². The number of carbonyl (C=O) groups is 3. The first-order chi connectivity index (χ1) is 18.9. The number of hydrogen-bond donors (Lipinski definition) is 3. The number of nitrogens with zero attached hydrogens (tertiary/aromatic N) is 1. The van der Waals surface area contributed by atoms with Crippen molar-refractivity contribution in [2.75, 3.05) is 6.54 Å². The molecule has 0 aliphatic carbocycles. The summed E-state index contributed by atoms with van der Waals surface area (Å²) in [6.45, 7) is 11.6. The topological polar surface area (TPSA) is 108 Å². The number of alkyl carbamates (subject to hydrolysis) is 1. The van der Waals surface area contributed by atoms with Gasteiger partial charge in [0.05, 0.1) is 0 Å². The van der Waals surface area contributed by atoms with Crippen molar-refractivity contribution in [3.63, 3.8) is 0 Å². The third-order valence-electron chi connectivity index (χ3n) is 6.41. The van der Waals surface area contributed by atoms with E-state index in [2.05, 4.69) is 17.6 Å². The maximum atomic E-state index is 14.4. The SMILES string of the molecule is CCCCCN(C(=O)C(Cc1ccccc1)NC(=O)OC(C)(C)C)C(C(=O)NC(C)CCC)c1cccc(O)c1. The van der Waals surface area contributed by atoms with E-state index >= 15 is 0 Å². The zero-order valence-corrected chi connectivity index (χ0v) is 24.9. The van der Waals surface area contributed by atoms with Crippen LogP contribution < -0.4 is 10.6 Å². The van der Waals surface area contributed by atoms with Gasteiger partial charge in [0.25, 0.3) is 0 Å². The van der Waals surface area contributed by atoms with Crippen LogP contribution in [-0.4, -0.2) is 52.1 Å². The maximum Gasteiger partial charge on any atom is 0.408 e. The van der Waals surface area contributed by atoms with E-state index in [1.54, 1.807) is 37.8 Å². The first-order valence-corrected chi connectivity index (χ1v) is 14.4. The molecule has 220 valence electrons. The van der Waals surface area contributed by atoms with Crippen molar-refractivity contribution in [1.82, 2.24) is 15.5 Å². The summed E-state index contributed by atoms with van der Waals surface area (Å²) < 4.78 is 5.49. The summed E-state index contributed by atoms with van der Waals surface area (Å²) in [4.78, 5) is 42.6. The zero-order valence-electron chi connectivity index (χ0n) is 24.9. The quantitative estimate of drug-likeness (QED) is 0.253. The van der Waals surface area contributed by atoms with E-state index in [1.165, 1.54) is 12.1 Å². The minimum Gasteiger partial charge on any atom is -0.508 e. The molecule has 3 unspecified atom stereocenters. The highest BCUT2D eigenvalue weighted by atomic mass is 16.6. The maximum absolute atomic E-state index is 14.4. The third-order valence-corrected chi connectivity index (χ3v) is 6.41. The van der Waals surface area contributed by atoms with Crippen LogP contribution in [0.15, 0.2) is 54.6 Å². The molecule has 8 heteroatoms. The number of benzene rings is 2. The summed E-state index contributed by atoms with van der Waals surface area (Å²) in [6.07, 6.45) is 3.69. The number of ether oxygens (including phenoxy) is 1. The molecule has 0 bridgehead atoms. The molecule has 2 aromatic rings. The van der Waals surface area contributed by atoms with Gasteiger partial charge in [-0.1, -0.05) is 75.6 Å². The molecule has 8 nitrogen and oxygen atoms in total. The first kappa shape index (κ1) is 32.7. The Labute approximate surface area is 239 Å². The number of hydrogen-bond acceptors (Lipinski definition) is 5. The molecule has 0 heterocycles. The van der Waals surface area contributed by atoms with Gasteiger partial charge in [-0.3, -0.25) is 9.59 Å². The van der Waals surface area contributed by atoms with Gasteiger partial charge < -0.3 is 25.4 Å². The average Bonchev–Trinajstić information content (AvgIpc) is 2.87. The number of carbonyl (C=O) groups excluding carboxylic acids is 3. The Kier molecular flexibility index (Phi) is 13.0. The van der Waals surface area contributed by atoms with Crippen molar-refractivity contribution < 1.29 is 24.2 Å². The lowest BCUT2D eigenvalue weighted by atomic mass is 9.99. The summed E-state index contributed by atoms with van der Waals surface area (Å²) in [6, 6.07) is 13.8. The van der Waals surface area contributed by atoms with Crippen LogP contribution in [0, 0.1) is 0 Å². The number of phenolic OH excluding ortho intramolecular Hbond substituents is 1. The molecular weight excluding hydrogens is 506 g/mol. The normalized spacial score (nSPS) is 13.6. The van der Waals surface area contributed by atoms with E-state index in [1.807, 2.05) is 44.2 Å². The largest absolute Gasteiger partial charge is 0.508 e. The van der Waals surface area contributed by atoms with Gasteiger partial charge in [-0.15, -0.1) is 0 Å². The predicted octanol–water partition coefficient (Wildman–Crippen LogP) is 5.89. The van der Waals surface area contributed by atoms with Crippen molar-refractivity contribution in [2.45, 2.75) is 104 Å². The van der Waals surface area contributed by atoms with Crippen LogP contribution in [0.3, 0.4) is 0 Å². The number of unbranched alkanes of at least 4 members (excludes halogenated alkanes) is 2. The van der Waals surface area contributed by atoms with Crippen molar-refractivity contribution in [1.29, 1.82) is 0 Å². The minimum absolute atomic E-state index is 0.00517. The van der Waals surface area contributed by atoms with Crippen LogP contribution >= 0.6 is 0 Å². The van der Waals surface area contributed by atoms with Gasteiger partial charge >= 0.3 is 6.09 Å². The van der Waals surface area contributed by atoms with Crippen molar-refractivity contribution >= 4 is 17.9 Å². The molecule has 0 saturated heterocycles. The Bertz CT molecular complexity index is 1080. The van der Waals surface area contributed by atoms with Gasteiger partial charge in [-0.2, -0.15) is 0 Å². The van der Waals surface area contributed by atoms with Crippen molar-refractivity contribution in [2.24, 2.45) is 0 Å². The van der Waals surface area contributed by atoms with E-state index in [0.717, 1.165) is 31.2 Å². The van der Waals surface area contributed by atoms with Crippen LogP contribution in [0.25, 0.3) is 0 Å². The highest BCUT2D eigenvalue weighted by Crippen LogP contribution is 2.27. The minimum atomic E-state index is -0.991. The third kappa shape index (κ3) is 10.9. The summed E-state index contributed by atoms with van der Waals surface area (Å²) >= 11 is 0. The Hall–Kier alpha value is -3.55. The van der Waals surface area contributed by atoms with Gasteiger partial charge in [-0.25, -0.2) is 4.79 Å². The summed E-state index contributed by atoms with van der Waals surface area (Å²) in [5, 5.41) is 16.1. The van der Waals surface area contributed by atoms with Crippen molar-refractivity contribution in [3.05, 3.63) is 65.7 Å². The van der Waals surface area contributed by atoms with Crippen LogP contribution in [0.2, 0.25) is 0 Å². The molecule has 0 aliphatic heterocycles. The molecule has 0 aromatic heterocycles. The Balaban J connectivity index is 2.55. The summed E-state index contributed by atoms with van der Waals surface area (Å²) in [5.74, 6) is -0.713. The van der Waals surface area contributed by atoms with Crippen LogP contribution in [0.1, 0.15) is 90.8 Å². The number of aromatic hydroxyl groups is 1. The molecule has 3 N–H and O–H groups in total. The molecule has 0 spiro atoms. The Morgan fingerprint density at radius 2 is 1.65 bits per heavy atom. The molecule has 3 atom stereocenters. The lowest BCUT2D eigenvalue weighted by Crippen LogP contribution is -2.54. The second-order valence-corrected chi connectivity index (χ2v) is 11.3.